The molecule has 2 aromatic rings. The summed E-state index contributed by atoms with van der Waals surface area (Å²) in [5.74, 6) is 0. The van der Waals surface area contributed by atoms with E-state index in [1.807, 2.05) is 12.1 Å². The summed E-state index contributed by atoms with van der Waals surface area (Å²) in [5, 5.41) is 0.614. The molecule has 7 heteroatoms. The minimum Gasteiger partial charge on any atom is -0.243 e. The van der Waals surface area contributed by atoms with Gasteiger partial charge in [0.25, 0.3) is 0 Å². The first kappa shape index (κ1) is 15.3. The van der Waals surface area contributed by atoms with E-state index in [1.165, 1.54) is 18.3 Å². The number of nitrogens with one attached hydrogen (secondary N) is 1. The summed E-state index contributed by atoms with van der Waals surface area (Å²) in [4.78, 5) is 3.74. The summed E-state index contributed by atoms with van der Waals surface area (Å²) in [7, 11) is -3.64. The van der Waals surface area contributed by atoms with Gasteiger partial charge < -0.3 is 0 Å². The fourth-order valence-electron chi connectivity index (χ4n) is 1.63. The van der Waals surface area contributed by atoms with Crippen LogP contribution >= 0.6 is 23.2 Å². The Morgan fingerprint density at radius 1 is 1.10 bits per heavy atom. The lowest BCUT2D eigenvalue weighted by atomic mass is 10.2. The molecule has 0 atom stereocenters. The first-order chi connectivity index (χ1) is 9.49. The molecule has 0 bridgehead atoms. The van der Waals surface area contributed by atoms with Crippen molar-refractivity contribution in [3.8, 4) is 0 Å². The van der Waals surface area contributed by atoms with Crippen LogP contribution in [0.2, 0.25) is 10.2 Å². The summed E-state index contributed by atoms with van der Waals surface area (Å²) >= 11 is 11.6. The van der Waals surface area contributed by atoms with Gasteiger partial charge in [-0.15, -0.1) is 0 Å². The van der Waals surface area contributed by atoms with Gasteiger partial charge in [0.05, 0.1) is 0 Å². The zero-order valence-electron chi connectivity index (χ0n) is 10.4. The third-order valence-electron chi connectivity index (χ3n) is 2.63. The highest BCUT2D eigenvalue weighted by Crippen LogP contribution is 2.17. The molecule has 0 amide bonds. The Kier molecular flexibility index (Phi) is 4.99. The largest absolute Gasteiger partial charge is 0.243 e. The minimum atomic E-state index is -3.64. The monoisotopic (exact) mass is 330 g/mol. The number of hydrogen-bond donors (Lipinski definition) is 1. The maximum Gasteiger partial charge on any atom is 0.243 e. The highest BCUT2D eigenvalue weighted by atomic mass is 35.5. The third-order valence-corrected chi connectivity index (χ3v) is 4.79. The van der Waals surface area contributed by atoms with Crippen LogP contribution in [-0.4, -0.2) is 19.9 Å². The molecule has 2 rings (SSSR count). The molecule has 20 heavy (non-hydrogen) atoms. The van der Waals surface area contributed by atoms with E-state index in [2.05, 4.69) is 9.71 Å². The predicted octanol–water partition coefficient (Wildman–Crippen LogP) is 2.91. The van der Waals surface area contributed by atoms with Crippen LogP contribution in [0.5, 0.6) is 0 Å². The van der Waals surface area contributed by atoms with Crippen LogP contribution in [0.25, 0.3) is 0 Å². The van der Waals surface area contributed by atoms with E-state index < -0.39 is 10.0 Å². The highest BCUT2D eigenvalue weighted by molar-refractivity contribution is 7.89. The molecule has 1 aromatic heterocycles. The van der Waals surface area contributed by atoms with E-state index in [0.29, 0.717) is 11.4 Å². The van der Waals surface area contributed by atoms with Gasteiger partial charge in [0.1, 0.15) is 10.0 Å². The van der Waals surface area contributed by atoms with E-state index in [-0.39, 0.29) is 16.6 Å². The van der Waals surface area contributed by atoms with Crippen LogP contribution in [0, 0.1) is 0 Å². The second kappa shape index (κ2) is 6.54. The van der Waals surface area contributed by atoms with Crippen LogP contribution in [0.4, 0.5) is 0 Å². The zero-order valence-corrected chi connectivity index (χ0v) is 12.7. The number of nitrogens with zero attached hydrogens (tertiary/aromatic N) is 1. The fraction of sp³-hybridized carbons (Fsp3) is 0.154. The average Bonchev–Trinajstić information content (AvgIpc) is 2.41. The van der Waals surface area contributed by atoms with Gasteiger partial charge in [0.2, 0.25) is 10.0 Å². The summed E-state index contributed by atoms with van der Waals surface area (Å²) < 4.78 is 26.6. The first-order valence-electron chi connectivity index (χ1n) is 5.84. The molecule has 0 spiro atoms. The number of halogens is 2. The number of sulfonamides is 1. The Balaban J connectivity index is 2.00. The summed E-state index contributed by atoms with van der Waals surface area (Å²) in [6.45, 7) is 0.273. The van der Waals surface area contributed by atoms with Crippen molar-refractivity contribution in [3.63, 3.8) is 0 Å². The summed E-state index contributed by atoms with van der Waals surface area (Å²) in [6.07, 6.45) is 2.00. The zero-order chi connectivity index (χ0) is 14.6. The smallest absolute Gasteiger partial charge is 0.243 e. The molecule has 0 saturated carbocycles. The maximum absolute atomic E-state index is 12.0. The van der Waals surface area contributed by atoms with Crippen molar-refractivity contribution < 1.29 is 8.42 Å². The molecule has 0 fully saturated rings. The van der Waals surface area contributed by atoms with Gasteiger partial charge in [-0.05, 0) is 36.2 Å². The quantitative estimate of drug-likeness (QED) is 0.857. The van der Waals surface area contributed by atoms with Crippen molar-refractivity contribution in [2.75, 3.05) is 6.54 Å². The molecule has 106 valence electrons. The van der Waals surface area contributed by atoms with Gasteiger partial charge in [-0.25, -0.2) is 18.1 Å². The van der Waals surface area contributed by atoms with Gasteiger partial charge in [-0.3, -0.25) is 0 Å². The number of hydrogen-bond acceptors (Lipinski definition) is 3. The van der Waals surface area contributed by atoms with E-state index >= 15 is 0 Å². The second-order valence-corrected chi connectivity index (χ2v) is 6.60. The van der Waals surface area contributed by atoms with Crippen molar-refractivity contribution >= 4 is 33.2 Å². The SMILES string of the molecule is O=S(=O)(NCCc1ccc(Cl)cc1)c1cccnc1Cl. The molecule has 1 N–H and O–H groups in total. The van der Waals surface area contributed by atoms with Crippen LogP contribution < -0.4 is 4.72 Å². The maximum atomic E-state index is 12.0. The van der Waals surface area contributed by atoms with Crippen molar-refractivity contribution in [2.24, 2.45) is 0 Å². The third kappa shape index (κ3) is 3.93. The van der Waals surface area contributed by atoms with Crippen molar-refractivity contribution in [1.82, 2.24) is 9.71 Å². The number of benzene rings is 1. The molecule has 4 nitrogen and oxygen atoms in total. The van der Waals surface area contributed by atoms with E-state index in [1.54, 1.807) is 12.1 Å². The van der Waals surface area contributed by atoms with E-state index in [0.717, 1.165) is 5.56 Å². The highest BCUT2D eigenvalue weighted by Gasteiger charge is 2.17. The lowest BCUT2D eigenvalue weighted by Crippen LogP contribution is -2.26. The molecular weight excluding hydrogens is 319 g/mol. The first-order valence-corrected chi connectivity index (χ1v) is 8.07. The van der Waals surface area contributed by atoms with Crippen LogP contribution in [-0.2, 0) is 16.4 Å². The van der Waals surface area contributed by atoms with Crippen molar-refractivity contribution in [2.45, 2.75) is 11.3 Å². The molecule has 1 heterocycles. The van der Waals surface area contributed by atoms with Crippen molar-refractivity contribution in [1.29, 1.82) is 0 Å². The Morgan fingerprint density at radius 2 is 1.80 bits per heavy atom. The summed E-state index contributed by atoms with van der Waals surface area (Å²) in [6, 6.07) is 10.2. The molecule has 0 aliphatic rings. The fourth-order valence-corrected chi connectivity index (χ4v) is 3.24. The van der Waals surface area contributed by atoms with Gasteiger partial charge in [-0.2, -0.15) is 0 Å². The predicted molar refractivity (Wildman–Crippen MR) is 79.6 cm³/mol. The van der Waals surface area contributed by atoms with Gasteiger partial charge in [0, 0.05) is 17.8 Å². The lowest BCUT2D eigenvalue weighted by Gasteiger charge is -2.07. The molecule has 1 aromatic carbocycles. The number of rotatable bonds is 5. The normalized spacial score (nSPS) is 11.5. The van der Waals surface area contributed by atoms with Crippen molar-refractivity contribution in [3.05, 3.63) is 58.3 Å². The van der Waals surface area contributed by atoms with Gasteiger partial charge in [0.15, 0.2) is 0 Å². The average molecular weight is 331 g/mol. The van der Waals surface area contributed by atoms with Gasteiger partial charge >= 0.3 is 0 Å². The summed E-state index contributed by atoms with van der Waals surface area (Å²) in [5.41, 5.74) is 0.995. The van der Waals surface area contributed by atoms with E-state index in [4.69, 9.17) is 23.2 Å². The molecule has 0 saturated heterocycles. The van der Waals surface area contributed by atoms with Crippen LogP contribution in [0.15, 0.2) is 47.5 Å². The second-order valence-electron chi connectivity index (χ2n) is 4.07. The Hall–Kier alpha value is -1.14. The lowest BCUT2D eigenvalue weighted by molar-refractivity contribution is 0.581. The number of pyridine rings is 1. The van der Waals surface area contributed by atoms with E-state index in [9.17, 15) is 8.42 Å². The van der Waals surface area contributed by atoms with Gasteiger partial charge in [-0.1, -0.05) is 35.3 Å². The topological polar surface area (TPSA) is 59.1 Å². The minimum absolute atomic E-state index is 0.0160. The Morgan fingerprint density at radius 3 is 2.45 bits per heavy atom. The van der Waals surface area contributed by atoms with Crippen LogP contribution in [0.1, 0.15) is 5.56 Å². The molecule has 0 aliphatic carbocycles. The Bertz CT molecular complexity index is 688. The molecule has 0 radical (unpaired) electrons. The standard InChI is InChI=1S/C13H12Cl2N2O2S/c14-11-5-3-10(4-6-11)7-9-17-20(18,19)12-2-1-8-16-13(12)15/h1-6,8,17H,7,9H2. The molecular formula is C13H12Cl2N2O2S. The molecule has 0 unspecified atom stereocenters. The number of aromatic nitrogens is 1. The molecule has 0 aliphatic heterocycles. The van der Waals surface area contributed by atoms with Crippen LogP contribution in [0.3, 0.4) is 0 Å². The Labute approximate surface area is 127 Å².